The van der Waals surface area contributed by atoms with Crippen molar-refractivity contribution in [2.75, 3.05) is 0 Å². The largest absolute Gasteiger partial charge is 0.462 e. The van der Waals surface area contributed by atoms with Crippen molar-refractivity contribution in [2.45, 2.75) is 91.6 Å². The Bertz CT molecular complexity index is 824. The number of carbonyl (C=O) groups excluding carboxylic acids is 2. The van der Waals surface area contributed by atoms with Crippen molar-refractivity contribution in [1.29, 1.82) is 0 Å². The number of esters is 1. The SMILES string of the molecule is CC(=O)O[C@H]1CC[C@@]2(C)C(=CCC3C2CC[C@@]2(C)C3C[C@H]3CC=CC[C@]32C(C)=O)C1. The van der Waals surface area contributed by atoms with E-state index in [0.29, 0.717) is 29.5 Å². The third-order valence-corrected chi connectivity index (χ3v) is 10.7. The summed E-state index contributed by atoms with van der Waals surface area (Å²) in [5.41, 5.74) is 1.81. The van der Waals surface area contributed by atoms with E-state index in [1.165, 1.54) is 26.2 Å². The second-order valence-corrected chi connectivity index (χ2v) is 11.6. The number of hydrogen-bond donors (Lipinski definition) is 0. The molecule has 8 atom stereocenters. The smallest absolute Gasteiger partial charge is 0.302 e. The van der Waals surface area contributed by atoms with Crippen molar-refractivity contribution in [2.24, 2.45) is 39.9 Å². The van der Waals surface area contributed by atoms with Gasteiger partial charge in [-0.15, -0.1) is 0 Å². The van der Waals surface area contributed by atoms with Gasteiger partial charge in [-0.2, -0.15) is 0 Å². The van der Waals surface area contributed by atoms with E-state index in [9.17, 15) is 9.59 Å². The summed E-state index contributed by atoms with van der Waals surface area (Å²) in [5.74, 6) is 2.90. The Labute approximate surface area is 181 Å². The van der Waals surface area contributed by atoms with Gasteiger partial charge in [-0.05, 0) is 92.8 Å². The lowest BCUT2D eigenvalue weighted by atomic mass is 9.44. The maximum absolute atomic E-state index is 13.2. The molecule has 0 aromatic carbocycles. The molecule has 3 heteroatoms. The van der Waals surface area contributed by atoms with Gasteiger partial charge in [0.15, 0.2) is 0 Å². The molecule has 3 fully saturated rings. The van der Waals surface area contributed by atoms with Crippen LogP contribution in [0.15, 0.2) is 23.8 Å². The van der Waals surface area contributed by atoms with Crippen LogP contribution in [0, 0.1) is 39.9 Å². The van der Waals surface area contributed by atoms with Gasteiger partial charge in [0.2, 0.25) is 0 Å². The molecule has 164 valence electrons. The molecule has 3 nitrogen and oxygen atoms in total. The first-order valence-corrected chi connectivity index (χ1v) is 12.2. The van der Waals surface area contributed by atoms with E-state index >= 15 is 0 Å². The van der Waals surface area contributed by atoms with Gasteiger partial charge in [0.1, 0.15) is 11.9 Å². The quantitative estimate of drug-likeness (QED) is 0.412. The topological polar surface area (TPSA) is 43.4 Å². The van der Waals surface area contributed by atoms with Crippen molar-refractivity contribution in [3.05, 3.63) is 23.8 Å². The van der Waals surface area contributed by atoms with Crippen LogP contribution in [0.5, 0.6) is 0 Å². The Morgan fingerprint density at radius 1 is 1.03 bits per heavy atom. The lowest BCUT2D eigenvalue weighted by Crippen LogP contribution is -2.55. The highest BCUT2D eigenvalue weighted by Crippen LogP contribution is 2.73. The minimum atomic E-state index is -0.150. The monoisotopic (exact) mass is 410 g/mol. The summed E-state index contributed by atoms with van der Waals surface area (Å²) in [6.45, 7) is 8.38. The molecule has 0 spiro atoms. The van der Waals surface area contributed by atoms with E-state index in [-0.39, 0.29) is 28.3 Å². The van der Waals surface area contributed by atoms with Crippen LogP contribution in [0.25, 0.3) is 0 Å². The number of carbonyl (C=O) groups is 2. The number of rotatable bonds is 2. The molecule has 30 heavy (non-hydrogen) atoms. The number of allylic oxidation sites excluding steroid dienone is 3. The molecule has 5 aliphatic rings. The van der Waals surface area contributed by atoms with Crippen LogP contribution < -0.4 is 0 Å². The van der Waals surface area contributed by atoms with E-state index in [0.717, 1.165) is 38.5 Å². The van der Waals surface area contributed by atoms with Crippen LogP contribution >= 0.6 is 0 Å². The van der Waals surface area contributed by atoms with Crippen molar-refractivity contribution in [1.82, 2.24) is 0 Å². The number of ketones is 1. The third-order valence-electron chi connectivity index (χ3n) is 10.7. The summed E-state index contributed by atoms with van der Waals surface area (Å²) in [6.07, 6.45) is 17.1. The molecule has 0 bridgehead atoms. The Balaban J connectivity index is 1.47. The maximum Gasteiger partial charge on any atom is 0.302 e. The zero-order chi connectivity index (χ0) is 21.3. The summed E-state index contributed by atoms with van der Waals surface area (Å²) in [6, 6.07) is 0. The molecule has 0 saturated heterocycles. The van der Waals surface area contributed by atoms with Gasteiger partial charge in [0.25, 0.3) is 0 Å². The molecule has 0 amide bonds. The van der Waals surface area contributed by atoms with E-state index in [1.807, 2.05) is 6.92 Å². The fraction of sp³-hybridized carbons (Fsp3) is 0.778. The van der Waals surface area contributed by atoms with Crippen LogP contribution in [0.3, 0.4) is 0 Å². The molecule has 0 aromatic heterocycles. The number of ether oxygens (including phenoxy) is 1. The highest BCUT2D eigenvalue weighted by atomic mass is 16.5. The first-order chi connectivity index (χ1) is 14.2. The van der Waals surface area contributed by atoms with E-state index in [2.05, 4.69) is 32.1 Å². The van der Waals surface area contributed by atoms with Gasteiger partial charge in [0.05, 0.1) is 0 Å². The maximum atomic E-state index is 13.2. The summed E-state index contributed by atoms with van der Waals surface area (Å²) < 4.78 is 5.59. The summed E-state index contributed by atoms with van der Waals surface area (Å²) in [5, 5.41) is 0. The Hall–Kier alpha value is -1.38. The Kier molecular flexibility index (Phi) is 4.66. The Morgan fingerprint density at radius 2 is 1.83 bits per heavy atom. The summed E-state index contributed by atoms with van der Waals surface area (Å²) in [7, 11) is 0. The van der Waals surface area contributed by atoms with Gasteiger partial charge in [-0.25, -0.2) is 0 Å². The normalized spacial score (nSPS) is 49.2. The predicted molar refractivity (Wildman–Crippen MR) is 118 cm³/mol. The average molecular weight is 411 g/mol. The minimum absolute atomic E-state index is 0.0636. The van der Waals surface area contributed by atoms with Crippen LogP contribution in [-0.4, -0.2) is 17.9 Å². The molecule has 0 N–H and O–H groups in total. The average Bonchev–Trinajstić information content (AvgIpc) is 2.98. The summed E-state index contributed by atoms with van der Waals surface area (Å²) >= 11 is 0. The van der Waals surface area contributed by atoms with Crippen molar-refractivity contribution >= 4 is 11.8 Å². The van der Waals surface area contributed by atoms with Crippen molar-refractivity contribution in [3.8, 4) is 0 Å². The number of Topliss-reactive ketones (excluding diaryl/α,β-unsaturated/α-hetero) is 1. The van der Waals surface area contributed by atoms with Crippen LogP contribution in [0.4, 0.5) is 0 Å². The van der Waals surface area contributed by atoms with Crippen LogP contribution in [-0.2, 0) is 14.3 Å². The zero-order valence-electron chi connectivity index (χ0n) is 19.2. The predicted octanol–water partition coefficient (Wildman–Crippen LogP) is 6.03. The molecule has 3 saturated carbocycles. The fourth-order valence-electron chi connectivity index (χ4n) is 9.31. The first kappa shape index (κ1) is 20.5. The highest BCUT2D eigenvalue weighted by Gasteiger charge is 2.68. The summed E-state index contributed by atoms with van der Waals surface area (Å²) in [4.78, 5) is 24.6. The molecule has 3 unspecified atom stereocenters. The van der Waals surface area contributed by atoms with Gasteiger partial charge in [0, 0.05) is 18.8 Å². The second kappa shape index (κ2) is 6.81. The van der Waals surface area contributed by atoms with Crippen molar-refractivity contribution < 1.29 is 14.3 Å². The van der Waals surface area contributed by atoms with Crippen molar-refractivity contribution in [3.63, 3.8) is 0 Å². The van der Waals surface area contributed by atoms with Gasteiger partial charge < -0.3 is 4.74 Å². The minimum Gasteiger partial charge on any atom is -0.462 e. The zero-order valence-corrected chi connectivity index (χ0v) is 19.2. The molecular weight excluding hydrogens is 372 g/mol. The lowest BCUT2D eigenvalue weighted by molar-refractivity contribution is -0.150. The molecule has 0 heterocycles. The molecule has 0 aliphatic heterocycles. The van der Waals surface area contributed by atoms with Gasteiger partial charge in [-0.3, -0.25) is 9.59 Å². The first-order valence-electron chi connectivity index (χ1n) is 12.2. The molecular formula is C27H38O3. The molecule has 0 radical (unpaired) electrons. The second-order valence-electron chi connectivity index (χ2n) is 11.6. The van der Waals surface area contributed by atoms with Crippen LogP contribution in [0.2, 0.25) is 0 Å². The fourth-order valence-corrected chi connectivity index (χ4v) is 9.31. The standard InChI is InChI=1S/C27H38O3/c1-17(28)27-12-6-5-7-20(27)16-24-22-9-8-19-15-21(30-18(2)29)10-13-25(19,3)23(22)11-14-26(24,27)4/h5-6,8,20-24H,7,9-16H2,1-4H3/t20-,21+,22?,23?,24?,25+,26+,27+/m1/s1. The van der Waals surface area contributed by atoms with Gasteiger partial charge in [-0.1, -0.05) is 37.6 Å². The Morgan fingerprint density at radius 3 is 2.57 bits per heavy atom. The molecule has 0 aromatic rings. The van der Waals surface area contributed by atoms with Crippen LogP contribution in [0.1, 0.15) is 85.5 Å². The van der Waals surface area contributed by atoms with E-state index in [4.69, 9.17) is 4.74 Å². The van der Waals surface area contributed by atoms with E-state index < -0.39 is 0 Å². The third kappa shape index (κ3) is 2.56. The molecule has 5 rings (SSSR count). The number of fused-ring (bicyclic) bond motifs is 7. The molecule has 5 aliphatic carbocycles. The number of hydrogen-bond acceptors (Lipinski definition) is 3. The lowest BCUT2D eigenvalue weighted by Gasteiger charge is -2.60. The van der Waals surface area contributed by atoms with E-state index in [1.54, 1.807) is 5.57 Å². The van der Waals surface area contributed by atoms with Gasteiger partial charge >= 0.3 is 5.97 Å². The highest BCUT2D eigenvalue weighted by molar-refractivity contribution is 5.85.